The molecule has 85 valence electrons. The first-order chi connectivity index (χ1) is 7.34. The molecule has 0 aromatic carbocycles. The quantitative estimate of drug-likeness (QED) is 0.383. The van der Waals surface area contributed by atoms with E-state index in [1.165, 1.54) is 72.9 Å². The molecule has 3 heteroatoms. The summed E-state index contributed by atoms with van der Waals surface area (Å²) < 4.78 is 0. The van der Waals surface area contributed by atoms with Crippen LogP contribution in [0.15, 0.2) is 11.0 Å². The Hall–Kier alpha value is 0.140. The van der Waals surface area contributed by atoms with Crippen LogP contribution in [0.1, 0.15) is 65.2 Å². The van der Waals surface area contributed by atoms with Gasteiger partial charge in [-0.2, -0.15) is 0 Å². The van der Waals surface area contributed by atoms with Crippen LogP contribution >= 0.6 is 15.9 Å². The summed E-state index contributed by atoms with van der Waals surface area (Å²) in [5.41, 5.74) is 1.31. The van der Waals surface area contributed by atoms with E-state index in [-0.39, 0.29) is 0 Å². The highest BCUT2D eigenvalue weighted by Crippen LogP contribution is 2.37. The Morgan fingerprint density at radius 1 is 1.00 bits per heavy atom. The van der Waals surface area contributed by atoms with Gasteiger partial charge < -0.3 is 0 Å². The molecular weight excluding hydrogens is 220 g/mol. The fourth-order valence-electron chi connectivity index (χ4n) is 1.75. The SMILES string of the molecule is CCCCCCCCCC1=C(C)[N]P=P1. The van der Waals surface area contributed by atoms with Gasteiger partial charge in [-0.05, 0) is 27.6 Å². The number of allylic oxidation sites excluding steroid dienone is 2. The van der Waals surface area contributed by atoms with Gasteiger partial charge in [0.25, 0.3) is 0 Å². The minimum Gasteiger partial charge on any atom is -0.227 e. The maximum absolute atomic E-state index is 4.40. The third-order valence-electron chi connectivity index (χ3n) is 2.79. The molecule has 0 saturated heterocycles. The molecule has 15 heavy (non-hydrogen) atoms. The van der Waals surface area contributed by atoms with Gasteiger partial charge in [-0.15, -0.1) is 0 Å². The van der Waals surface area contributed by atoms with E-state index in [0.717, 1.165) is 0 Å². The zero-order valence-electron chi connectivity index (χ0n) is 10.00. The minimum absolute atomic E-state index is 1.25. The van der Waals surface area contributed by atoms with Crippen LogP contribution in [0.2, 0.25) is 0 Å². The van der Waals surface area contributed by atoms with Crippen LogP contribution in [-0.2, 0) is 0 Å². The van der Waals surface area contributed by atoms with Crippen LogP contribution in [0.4, 0.5) is 0 Å². The number of nitrogens with zero attached hydrogens (tertiary/aromatic N) is 1. The fourth-order valence-corrected chi connectivity index (χ4v) is 4.29. The number of rotatable bonds is 8. The summed E-state index contributed by atoms with van der Waals surface area (Å²) >= 11 is 0. The topological polar surface area (TPSA) is 14.1 Å². The molecule has 0 aromatic heterocycles. The van der Waals surface area contributed by atoms with Gasteiger partial charge >= 0.3 is 0 Å². The zero-order chi connectivity index (χ0) is 10.9. The van der Waals surface area contributed by atoms with Crippen LogP contribution in [0.3, 0.4) is 0 Å². The first-order valence-corrected chi connectivity index (χ1v) is 8.61. The smallest absolute Gasteiger partial charge is 0.0699 e. The summed E-state index contributed by atoms with van der Waals surface area (Å²) in [4.78, 5) is 0. The van der Waals surface area contributed by atoms with E-state index < -0.39 is 0 Å². The molecule has 0 bridgehead atoms. The first-order valence-electron chi connectivity index (χ1n) is 6.16. The van der Waals surface area contributed by atoms with E-state index in [1.54, 1.807) is 5.31 Å². The van der Waals surface area contributed by atoms with Crippen molar-refractivity contribution in [3.05, 3.63) is 11.0 Å². The Labute approximate surface area is 97.6 Å². The summed E-state index contributed by atoms with van der Waals surface area (Å²) in [6.45, 7) is 4.43. The molecule has 0 unspecified atom stereocenters. The standard InChI is InChI=1S/C12H22NP2/c1-3-4-5-6-7-8-9-10-12-11(2)13-15-14-12/h3-10H2,1-2H3. The van der Waals surface area contributed by atoms with Crippen LogP contribution < -0.4 is 5.09 Å². The van der Waals surface area contributed by atoms with Crippen LogP contribution in [0, 0.1) is 0 Å². The first kappa shape index (κ1) is 13.2. The number of hydrogen-bond acceptors (Lipinski definition) is 0. The van der Waals surface area contributed by atoms with Crippen LogP contribution in [-0.4, -0.2) is 0 Å². The average Bonchev–Trinajstić information content (AvgIpc) is 2.63. The van der Waals surface area contributed by atoms with Crippen molar-refractivity contribution in [1.82, 2.24) is 5.09 Å². The van der Waals surface area contributed by atoms with Crippen molar-refractivity contribution in [2.24, 2.45) is 0 Å². The highest BCUT2D eigenvalue weighted by atomic mass is 31.7. The molecule has 1 aliphatic heterocycles. The Bertz CT molecular complexity index is 234. The fraction of sp³-hybridized carbons (Fsp3) is 0.833. The molecule has 0 fully saturated rings. The molecule has 0 N–H and O–H groups in total. The van der Waals surface area contributed by atoms with Gasteiger partial charge in [0.05, 0.1) is 13.7 Å². The molecule has 0 aliphatic carbocycles. The van der Waals surface area contributed by atoms with Gasteiger partial charge in [0.1, 0.15) is 0 Å². The van der Waals surface area contributed by atoms with Crippen molar-refractivity contribution in [1.29, 1.82) is 0 Å². The van der Waals surface area contributed by atoms with E-state index in [4.69, 9.17) is 0 Å². The molecule has 0 aromatic rings. The molecule has 1 nitrogen and oxygen atoms in total. The molecule has 0 spiro atoms. The van der Waals surface area contributed by atoms with Gasteiger partial charge in [0.2, 0.25) is 0 Å². The molecule has 0 saturated carbocycles. The van der Waals surface area contributed by atoms with Gasteiger partial charge in [-0.1, -0.05) is 45.4 Å². The molecule has 0 atom stereocenters. The summed E-state index contributed by atoms with van der Waals surface area (Å²) in [6.07, 6.45) is 11.1. The zero-order valence-corrected chi connectivity index (χ0v) is 11.8. The second-order valence-corrected chi connectivity index (χ2v) is 6.45. The van der Waals surface area contributed by atoms with Crippen molar-refractivity contribution in [2.45, 2.75) is 65.2 Å². The second kappa shape index (κ2) is 8.31. The van der Waals surface area contributed by atoms with E-state index in [0.29, 0.717) is 0 Å². The Balaban J connectivity index is 1.93. The van der Waals surface area contributed by atoms with E-state index in [9.17, 15) is 0 Å². The van der Waals surface area contributed by atoms with E-state index in [1.807, 2.05) is 0 Å². The van der Waals surface area contributed by atoms with Gasteiger partial charge in [0.15, 0.2) is 0 Å². The average molecular weight is 242 g/mol. The second-order valence-electron chi connectivity index (χ2n) is 4.19. The summed E-state index contributed by atoms with van der Waals surface area (Å²) in [5, 5.41) is 5.98. The minimum atomic E-state index is 1.25. The van der Waals surface area contributed by atoms with E-state index in [2.05, 4.69) is 18.9 Å². The van der Waals surface area contributed by atoms with Crippen LogP contribution in [0.25, 0.3) is 0 Å². The predicted octanol–water partition coefficient (Wildman–Crippen LogP) is 5.70. The lowest BCUT2D eigenvalue weighted by molar-refractivity contribution is 0.590. The number of hydrogen-bond donors (Lipinski definition) is 0. The highest BCUT2D eigenvalue weighted by molar-refractivity contribution is 7.85. The summed E-state index contributed by atoms with van der Waals surface area (Å²) in [5.74, 6) is 0. The summed E-state index contributed by atoms with van der Waals surface area (Å²) in [7, 11) is 2.69. The van der Waals surface area contributed by atoms with Crippen molar-refractivity contribution in [3.63, 3.8) is 0 Å². The Morgan fingerprint density at radius 3 is 2.27 bits per heavy atom. The highest BCUT2D eigenvalue weighted by Gasteiger charge is 2.06. The molecular formula is C12H22NP2. The predicted molar refractivity (Wildman–Crippen MR) is 71.3 cm³/mol. The van der Waals surface area contributed by atoms with Crippen molar-refractivity contribution in [3.8, 4) is 0 Å². The molecule has 1 heterocycles. The lowest BCUT2D eigenvalue weighted by Crippen LogP contribution is -1.86. The van der Waals surface area contributed by atoms with Crippen molar-refractivity contribution >= 4 is 15.9 Å². The molecule has 1 radical (unpaired) electrons. The maximum Gasteiger partial charge on any atom is 0.0699 e. The van der Waals surface area contributed by atoms with Crippen molar-refractivity contribution < 1.29 is 0 Å². The normalized spacial score (nSPS) is 16.9. The molecule has 1 aliphatic rings. The Morgan fingerprint density at radius 2 is 1.67 bits per heavy atom. The lowest BCUT2D eigenvalue weighted by atomic mass is 10.1. The van der Waals surface area contributed by atoms with Gasteiger partial charge in [-0.25, -0.2) is 5.09 Å². The van der Waals surface area contributed by atoms with Crippen LogP contribution in [0.5, 0.6) is 0 Å². The number of unbranched alkanes of at least 4 members (excludes halogenated alkanes) is 6. The summed E-state index contributed by atoms with van der Waals surface area (Å²) in [6, 6.07) is 0. The lowest BCUT2D eigenvalue weighted by Gasteiger charge is -2.01. The van der Waals surface area contributed by atoms with Gasteiger partial charge in [0, 0.05) is 5.31 Å². The largest absolute Gasteiger partial charge is 0.227 e. The maximum atomic E-state index is 4.40. The van der Waals surface area contributed by atoms with E-state index >= 15 is 0 Å². The molecule has 1 rings (SSSR count). The Kier molecular flexibility index (Phi) is 7.32. The van der Waals surface area contributed by atoms with Crippen molar-refractivity contribution in [2.75, 3.05) is 0 Å². The third kappa shape index (κ3) is 5.69. The third-order valence-corrected chi connectivity index (χ3v) is 5.32. The monoisotopic (exact) mass is 242 g/mol. The van der Waals surface area contributed by atoms with Gasteiger partial charge in [-0.3, -0.25) is 0 Å². The molecule has 0 amide bonds.